The zero-order valence-corrected chi connectivity index (χ0v) is 11.1. The number of benzene rings is 1. The zero-order valence-electron chi connectivity index (χ0n) is 11.1. The van der Waals surface area contributed by atoms with E-state index in [0.717, 1.165) is 0 Å². The van der Waals surface area contributed by atoms with Crippen molar-refractivity contribution in [3.05, 3.63) is 33.9 Å². The first-order chi connectivity index (χ1) is 9.51. The lowest BCUT2D eigenvalue weighted by Crippen LogP contribution is -2.35. The number of nitro benzene ring substituents is 1. The Morgan fingerprint density at radius 2 is 2.35 bits per heavy atom. The summed E-state index contributed by atoms with van der Waals surface area (Å²) in [5.74, 6) is -0.292. The summed E-state index contributed by atoms with van der Waals surface area (Å²) in [4.78, 5) is 22.5. The van der Waals surface area contributed by atoms with Gasteiger partial charge in [-0.2, -0.15) is 0 Å². The van der Waals surface area contributed by atoms with Gasteiger partial charge in [0.2, 0.25) is 5.91 Å². The Balaban J connectivity index is 2.11. The number of aliphatic hydroxyl groups excluding tert-OH is 1. The fourth-order valence-electron chi connectivity index (χ4n) is 2.26. The van der Waals surface area contributed by atoms with E-state index in [9.17, 15) is 20.0 Å². The van der Waals surface area contributed by atoms with Crippen molar-refractivity contribution >= 4 is 17.3 Å². The van der Waals surface area contributed by atoms with Gasteiger partial charge in [0.1, 0.15) is 0 Å². The van der Waals surface area contributed by atoms with Crippen molar-refractivity contribution in [3.63, 3.8) is 0 Å². The summed E-state index contributed by atoms with van der Waals surface area (Å²) in [7, 11) is 0. The topological polar surface area (TPSA) is 104 Å². The van der Waals surface area contributed by atoms with Gasteiger partial charge < -0.3 is 15.7 Å². The van der Waals surface area contributed by atoms with E-state index in [1.807, 2.05) is 6.92 Å². The third kappa shape index (κ3) is 3.12. The maximum Gasteiger partial charge on any atom is 0.274 e. The molecule has 2 rings (SSSR count). The summed E-state index contributed by atoms with van der Waals surface area (Å²) in [6.45, 7) is 2.22. The molecule has 20 heavy (non-hydrogen) atoms. The molecular weight excluding hydrogens is 262 g/mol. The summed E-state index contributed by atoms with van der Waals surface area (Å²) >= 11 is 0. The quantitative estimate of drug-likeness (QED) is 0.559. The molecule has 1 aromatic rings. The lowest BCUT2D eigenvalue weighted by molar-refractivity contribution is -0.385. The lowest BCUT2D eigenvalue weighted by atomic mass is 10.1. The molecule has 0 spiro atoms. The first-order valence-electron chi connectivity index (χ1n) is 6.51. The van der Waals surface area contributed by atoms with Crippen LogP contribution in [0.1, 0.15) is 18.9 Å². The number of nitrogens with one attached hydrogen (secondary N) is 2. The van der Waals surface area contributed by atoms with Crippen LogP contribution in [0.25, 0.3) is 0 Å². The second-order valence-corrected chi connectivity index (χ2v) is 4.79. The molecule has 7 heteroatoms. The minimum atomic E-state index is -0.525. The van der Waals surface area contributed by atoms with E-state index < -0.39 is 17.1 Å². The minimum Gasteiger partial charge on any atom is -0.392 e. The van der Waals surface area contributed by atoms with Crippen LogP contribution in [0.15, 0.2) is 18.2 Å². The Hall–Kier alpha value is -1.99. The van der Waals surface area contributed by atoms with Crippen LogP contribution in [0.2, 0.25) is 0 Å². The number of hydrogen-bond donors (Lipinski definition) is 3. The average molecular weight is 279 g/mol. The molecule has 3 N–H and O–H groups in total. The van der Waals surface area contributed by atoms with E-state index in [1.165, 1.54) is 6.07 Å². The number of nitrogens with zero attached hydrogens (tertiary/aromatic N) is 1. The highest BCUT2D eigenvalue weighted by molar-refractivity contribution is 5.95. The molecule has 1 fully saturated rings. The number of carbonyl (C=O) groups excluding carboxylic acids is 1. The molecule has 0 saturated carbocycles. The Morgan fingerprint density at radius 3 is 2.90 bits per heavy atom. The van der Waals surface area contributed by atoms with Crippen LogP contribution in [0.5, 0.6) is 0 Å². The Morgan fingerprint density at radius 1 is 1.60 bits per heavy atom. The van der Waals surface area contributed by atoms with E-state index in [0.29, 0.717) is 30.6 Å². The average Bonchev–Trinajstić information content (AvgIpc) is 2.85. The maximum atomic E-state index is 11.9. The van der Waals surface area contributed by atoms with Gasteiger partial charge in [-0.15, -0.1) is 0 Å². The van der Waals surface area contributed by atoms with Crippen LogP contribution in [0, 0.1) is 10.1 Å². The van der Waals surface area contributed by atoms with E-state index in [4.69, 9.17) is 0 Å². The van der Waals surface area contributed by atoms with Crippen molar-refractivity contribution in [2.45, 2.75) is 31.9 Å². The van der Waals surface area contributed by atoms with E-state index in [1.54, 1.807) is 12.1 Å². The molecule has 1 aliphatic rings. The van der Waals surface area contributed by atoms with Gasteiger partial charge in [0.05, 0.1) is 17.1 Å². The molecule has 0 aromatic heterocycles. The molecule has 1 amide bonds. The van der Waals surface area contributed by atoms with Crippen LogP contribution in [0.3, 0.4) is 0 Å². The van der Waals surface area contributed by atoms with Crippen molar-refractivity contribution in [1.82, 2.24) is 5.32 Å². The number of carbonyl (C=O) groups is 1. The summed E-state index contributed by atoms with van der Waals surface area (Å²) < 4.78 is 0. The van der Waals surface area contributed by atoms with Crippen LogP contribution in [-0.2, 0) is 11.2 Å². The Labute approximate surface area is 116 Å². The number of aryl methyl sites for hydroxylation is 1. The molecule has 0 bridgehead atoms. The molecule has 1 aromatic carbocycles. The van der Waals surface area contributed by atoms with Crippen molar-refractivity contribution in [2.24, 2.45) is 0 Å². The standard InChI is InChI=1S/C13H17N3O4/c1-2-8-3-4-9(5-12(8)16(19)20)15-13(18)11-6-10(17)7-14-11/h3-5,10-11,14,17H,2,6-7H2,1H3,(H,15,18). The van der Waals surface area contributed by atoms with Gasteiger partial charge in [0, 0.05) is 23.9 Å². The Bertz CT molecular complexity index is 532. The molecule has 2 atom stereocenters. The molecule has 0 aliphatic carbocycles. The van der Waals surface area contributed by atoms with Crippen molar-refractivity contribution in [2.75, 3.05) is 11.9 Å². The number of anilines is 1. The second-order valence-electron chi connectivity index (χ2n) is 4.79. The number of hydrogen-bond acceptors (Lipinski definition) is 5. The largest absolute Gasteiger partial charge is 0.392 e. The maximum absolute atomic E-state index is 11.9. The molecule has 1 aliphatic heterocycles. The second kappa shape index (κ2) is 5.98. The van der Waals surface area contributed by atoms with Gasteiger partial charge in [-0.3, -0.25) is 14.9 Å². The van der Waals surface area contributed by atoms with Crippen molar-refractivity contribution < 1.29 is 14.8 Å². The monoisotopic (exact) mass is 279 g/mol. The van der Waals surface area contributed by atoms with Crippen molar-refractivity contribution in [3.8, 4) is 0 Å². The number of amides is 1. The summed E-state index contributed by atoms with van der Waals surface area (Å²) in [5.41, 5.74) is 1.02. The molecule has 7 nitrogen and oxygen atoms in total. The predicted octanol–water partition coefficient (Wildman–Crippen LogP) is 0.818. The summed E-state index contributed by atoms with van der Waals surface area (Å²) in [5, 5.41) is 25.9. The first-order valence-corrected chi connectivity index (χ1v) is 6.51. The SMILES string of the molecule is CCc1ccc(NC(=O)C2CC(O)CN2)cc1[N+](=O)[O-]. The Kier molecular flexibility index (Phi) is 4.31. The van der Waals surface area contributed by atoms with Crippen LogP contribution < -0.4 is 10.6 Å². The van der Waals surface area contributed by atoms with Gasteiger partial charge in [0.25, 0.3) is 5.69 Å². The summed E-state index contributed by atoms with van der Waals surface area (Å²) in [6, 6.07) is 4.19. The number of aliphatic hydroxyl groups is 1. The van der Waals surface area contributed by atoms with E-state index >= 15 is 0 Å². The third-order valence-corrected chi connectivity index (χ3v) is 3.35. The highest BCUT2D eigenvalue weighted by Crippen LogP contribution is 2.24. The normalized spacial score (nSPS) is 21.7. The van der Waals surface area contributed by atoms with Crippen molar-refractivity contribution in [1.29, 1.82) is 0 Å². The lowest BCUT2D eigenvalue weighted by Gasteiger charge is -2.11. The molecule has 1 heterocycles. The number of nitro groups is 1. The fraction of sp³-hybridized carbons (Fsp3) is 0.462. The van der Waals surface area contributed by atoms with Gasteiger partial charge in [-0.05, 0) is 18.9 Å². The van der Waals surface area contributed by atoms with Crippen LogP contribution >= 0.6 is 0 Å². The zero-order chi connectivity index (χ0) is 14.7. The molecule has 0 radical (unpaired) electrons. The minimum absolute atomic E-state index is 0.00437. The van der Waals surface area contributed by atoms with Crippen LogP contribution in [-0.4, -0.2) is 34.6 Å². The molecule has 108 valence electrons. The predicted molar refractivity (Wildman–Crippen MR) is 73.5 cm³/mol. The van der Waals surface area contributed by atoms with E-state index in [2.05, 4.69) is 10.6 Å². The third-order valence-electron chi connectivity index (χ3n) is 3.35. The first kappa shape index (κ1) is 14.4. The molecule has 1 saturated heterocycles. The number of β-amino-alcohol motifs (C(OH)–C–C–N with tert-alkyl or cyclic N) is 1. The van der Waals surface area contributed by atoms with Gasteiger partial charge in [0.15, 0.2) is 0 Å². The van der Waals surface area contributed by atoms with Gasteiger partial charge >= 0.3 is 0 Å². The van der Waals surface area contributed by atoms with E-state index in [-0.39, 0.29) is 11.6 Å². The molecular formula is C13H17N3O4. The highest BCUT2D eigenvalue weighted by atomic mass is 16.6. The fourth-order valence-corrected chi connectivity index (χ4v) is 2.26. The van der Waals surface area contributed by atoms with Gasteiger partial charge in [-0.1, -0.05) is 13.0 Å². The number of rotatable bonds is 4. The summed E-state index contributed by atoms with van der Waals surface area (Å²) in [6.07, 6.45) is 0.379. The highest BCUT2D eigenvalue weighted by Gasteiger charge is 2.28. The van der Waals surface area contributed by atoms with Gasteiger partial charge in [-0.25, -0.2) is 0 Å². The molecule has 2 unspecified atom stereocenters. The smallest absolute Gasteiger partial charge is 0.274 e. The van der Waals surface area contributed by atoms with Crippen LogP contribution in [0.4, 0.5) is 11.4 Å².